The molecule has 1 aromatic rings. The molecule has 0 heterocycles. The molecule has 18 heavy (non-hydrogen) atoms. The van der Waals surface area contributed by atoms with Gasteiger partial charge in [0, 0.05) is 6.42 Å². The quantitative estimate of drug-likeness (QED) is 0.603. The monoisotopic (exact) mass is 246 g/mol. The number of hydrogen-bond donors (Lipinski definition) is 4. The lowest BCUT2D eigenvalue weighted by atomic mass is 10.0. The second kappa shape index (κ2) is 4.98. The van der Waals surface area contributed by atoms with Crippen LogP contribution in [-0.2, 0) is 0 Å². The summed E-state index contributed by atoms with van der Waals surface area (Å²) in [4.78, 5) is 0. The maximum absolute atomic E-state index is 9.44. The first-order chi connectivity index (χ1) is 8.54. The molecule has 1 aliphatic carbocycles. The molecule has 0 saturated carbocycles. The van der Waals surface area contributed by atoms with E-state index in [0.29, 0.717) is 11.1 Å². The zero-order valence-electron chi connectivity index (χ0n) is 9.61. The Morgan fingerprint density at radius 2 is 1.83 bits per heavy atom. The number of aliphatic hydroxyl groups excluding tert-OH is 2. The van der Waals surface area contributed by atoms with Gasteiger partial charge in [0.1, 0.15) is 0 Å². The summed E-state index contributed by atoms with van der Waals surface area (Å²) >= 11 is 0. The number of aliphatic hydroxyl groups is 2. The van der Waals surface area contributed by atoms with Gasteiger partial charge in [-0.3, -0.25) is 0 Å². The molecule has 2 rings (SSSR count). The van der Waals surface area contributed by atoms with E-state index < -0.39 is 6.10 Å². The van der Waals surface area contributed by atoms with E-state index in [1.54, 1.807) is 30.4 Å². The first kappa shape index (κ1) is 12.3. The minimum atomic E-state index is -0.678. The lowest BCUT2D eigenvalue weighted by Gasteiger charge is -2.11. The van der Waals surface area contributed by atoms with Gasteiger partial charge in [0.05, 0.1) is 11.9 Å². The van der Waals surface area contributed by atoms with Crippen LogP contribution in [0, 0.1) is 0 Å². The SMILES string of the molecule is OC1=CC(/C=C/c2ccc(O)c(O)c2)=CC(O)C1. The van der Waals surface area contributed by atoms with Crippen LogP contribution in [0.3, 0.4) is 0 Å². The van der Waals surface area contributed by atoms with Crippen LogP contribution in [0.4, 0.5) is 0 Å². The fraction of sp³-hybridized carbons (Fsp3) is 0.143. The molecule has 1 unspecified atom stereocenters. The Morgan fingerprint density at radius 1 is 1.06 bits per heavy atom. The topological polar surface area (TPSA) is 80.9 Å². The Kier molecular flexibility index (Phi) is 3.39. The Labute approximate surface area is 104 Å². The number of allylic oxidation sites excluding steroid dienone is 3. The molecule has 0 fully saturated rings. The smallest absolute Gasteiger partial charge is 0.157 e. The zero-order valence-corrected chi connectivity index (χ0v) is 9.61. The molecule has 94 valence electrons. The zero-order chi connectivity index (χ0) is 13.1. The summed E-state index contributed by atoms with van der Waals surface area (Å²) in [5.74, 6) is -0.219. The summed E-state index contributed by atoms with van der Waals surface area (Å²) in [6.45, 7) is 0. The van der Waals surface area contributed by atoms with Crippen LogP contribution in [0.25, 0.3) is 6.08 Å². The number of hydrogen-bond acceptors (Lipinski definition) is 4. The van der Waals surface area contributed by atoms with Gasteiger partial charge in [-0.1, -0.05) is 18.2 Å². The second-order valence-corrected chi connectivity index (χ2v) is 4.16. The predicted molar refractivity (Wildman–Crippen MR) is 68.2 cm³/mol. The van der Waals surface area contributed by atoms with Gasteiger partial charge in [0.2, 0.25) is 0 Å². The third-order valence-corrected chi connectivity index (χ3v) is 2.60. The van der Waals surface area contributed by atoms with Crippen LogP contribution >= 0.6 is 0 Å². The van der Waals surface area contributed by atoms with Crippen molar-refractivity contribution in [3.05, 3.63) is 53.3 Å². The highest BCUT2D eigenvalue weighted by Gasteiger charge is 2.10. The van der Waals surface area contributed by atoms with Gasteiger partial charge < -0.3 is 20.4 Å². The van der Waals surface area contributed by atoms with E-state index in [1.807, 2.05) is 0 Å². The fourth-order valence-electron chi connectivity index (χ4n) is 1.74. The van der Waals surface area contributed by atoms with Crippen molar-refractivity contribution in [3.8, 4) is 11.5 Å². The van der Waals surface area contributed by atoms with Crippen molar-refractivity contribution >= 4 is 6.08 Å². The Hall–Kier alpha value is -2.20. The standard InChI is InChI=1S/C14H14O4/c15-11-5-10(6-12(16)8-11)2-1-9-3-4-13(17)14(18)7-9/h1-7,11,15-18H,8H2/b2-1+. The highest BCUT2D eigenvalue weighted by Crippen LogP contribution is 2.26. The molecule has 0 radical (unpaired) electrons. The Morgan fingerprint density at radius 3 is 2.50 bits per heavy atom. The molecule has 0 amide bonds. The van der Waals surface area contributed by atoms with Crippen LogP contribution in [0.1, 0.15) is 12.0 Å². The molecule has 0 aromatic heterocycles. The molecule has 1 aliphatic rings. The van der Waals surface area contributed by atoms with Gasteiger partial charge in [0.15, 0.2) is 11.5 Å². The van der Waals surface area contributed by atoms with Gasteiger partial charge in [-0.25, -0.2) is 0 Å². The van der Waals surface area contributed by atoms with E-state index in [1.165, 1.54) is 12.1 Å². The lowest BCUT2D eigenvalue weighted by Crippen LogP contribution is -2.08. The van der Waals surface area contributed by atoms with Crippen molar-refractivity contribution < 1.29 is 20.4 Å². The first-order valence-corrected chi connectivity index (χ1v) is 5.54. The minimum Gasteiger partial charge on any atom is -0.512 e. The third-order valence-electron chi connectivity index (χ3n) is 2.60. The fourth-order valence-corrected chi connectivity index (χ4v) is 1.74. The molecule has 4 nitrogen and oxygen atoms in total. The van der Waals surface area contributed by atoms with Crippen LogP contribution in [-0.4, -0.2) is 26.5 Å². The second-order valence-electron chi connectivity index (χ2n) is 4.16. The van der Waals surface area contributed by atoms with Gasteiger partial charge in [0.25, 0.3) is 0 Å². The van der Waals surface area contributed by atoms with E-state index in [2.05, 4.69) is 0 Å². The van der Waals surface area contributed by atoms with Crippen molar-refractivity contribution in [1.82, 2.24) is 0 Å². The molecule has 4 N–H and O–H groups in total. The molecular weight excluding hydrogens is 232 g/mol. The number of phenolic OH excluding ortho intramolecular Hbond substituents is 2. The average molecular weight is 246 g/mol. The van der Waals surface area contributed by atoms with Crippen molar-refractivity contribution in [2.45, 2.75) is 12.5 Å². The normalized spacial score (nSPS) is 19.7. The number of rotatable bonds is 2. The summed E-state index contributed by atoms with van der Waals surface area (Å²) in [7, 11) is 0. The lowest BCUT2D eigenvalue weighted by molar-refractivity contribution is 0.199. The summed E-state index contributed by atoms with van der Waals surface area (Å²) in [5.41, 5.74) is 1.40. The van der Waals surface area contributed by atoms with E-state index in [0.717, 1.165) is 0 Å². The van der Waals surface area contributed by atoms with Crippen molar-refractivity contribution in [1.29, 1.82) is 0 Å². The Balaban J connectivity index is 2.18. The number of benzene rings is 1. The highest BCUT2D eigenvalue weighted by atomic mass is 16.3. The largest absolute Gasteiger partial charge is 0.512 e. The molecule has 0 saturated heterocycles. The molecule has 1 aromatic carbocycles. The molecule has 0 aliphatic heterocycles. The van der Waals surface area contributed by atoms with E-state index in [4.69, 9.17) is 5.11 Å². The van der Waals surface area contributed by atoms with Crippen LogP contribution < -0.4 is 0 Å². The highest BCUT2D eigenvalue weighted by molar-refractivity contribution is 5.59. The predicted octanol–water partition coefficient (Wildman–Crippen LogP) is 2.24. The van der Waals surface area contributed by atoms with E-state index in [-0.39, 0.29) is 23.7 Å². The molecule has 1 atom stereocenters. The number of phenols is 2. The van der Waals surface area contributed by atoms with E-state index >= 15 is 0 Å². The molecular formula is C14H14O4. The molecule has 0 spiro atoms. The van der Waals surface area contributed by atoms with Gasteiger partial charge >= 0.3 is 0 Å². The van der Waals surface area contributed by atoms with Crippen molar-refractivity contribution in [2.75, 3.05) is 0 Å². The summed E-state index contributed by atoms with van der Waals surface area (Å²) in [6.07, 6.45) is 6.19. The summed E-state index contributed by atoms with van der Waals surface area (Å²) in [6, 6.07) is 4.47. The maximum atomic E-state index is 9.44. The average Bonchev–Trinajstić information content (AvgIpc) is 2.29. The van der Waals surface area contributed by atoms with Crippen LogP contribution in [0.5, 0.6) is 11.5 Å². The first-order valence-electron chi connectivity index (χ1n) is 5.54. The van der Waals surface area contributed by atoms with Crippen molar-refractivity contribution in [3.63, 3.8) is 0 Å². The maximum Gasteiger partial charge on any atom is 0.157 e. The third kappa shape index (κ3) is 2.93. The van der Waals surface area contributed by atoms with Crippen LogP contribution in [0.15, 0.2) is 47.8 Å². The van der Waals surface area contributed by atoms with Gasteiger partial charge in [-0.15, -0.1) is 0 Å². The van der Waals surface area contributed by atoms with Gasteiger partial charge in [-0.05, 0) is 35.4 Å². The molecule has 4 heteroatoms. The summed E-state index contributed by atoms with van der Waals surface area (Å²) in [5, 5.41) is 37.3. The minimum absolute atomic E-state index is 0.137. The van der Waals surface area contributed by atoms with Crippen molar-refractivity contribution in [2.24, 2.45) is 0 Å². The summed E-state index contributed by atoms with van der Waals surface area (Å²) < 4.78 is 0. The molecule has 0 bridgehead atoms. The Bertz CT molecular complexity index is 541. The van der Waals surface area contributed by atoms with E-state index in [9.17, 15) is 15.3 Å². The van der Waals surface area contributed by atoms with Gasteiger partial charge in [-0.2, -0.15) is 0 Å². The van der Waals surface area contributed by atoms with Crippen LogP contribution in [0.2, 0.25) is 0 Å². The number of aromatic hydroxyl groups is 2.